The minimum absolute atomic E-state index is 0.0000682. The van der Waals surface area contributed by atoms with Gasteiger partial charge in [-0.1, -0.05) is 12.1 Å². The van der Waals surface area contributed by atoms with E-state index in [0.29, 0.717) is 16.9 Å². The fourth-order valence-corrected chi connectivity index (χ4v) is 2.69. The van der Waals surface area contributed by atoms with E-state index in [-0.39, 0.29) is 17.2 Å². The van der Waals surface area contributed by atoms with Gasteiger partial charge < -0.3 is 19.7 Å². The number of hydrogen-bond donors (Lipinski definition) is 3. The number of carbonyl (C=O) groups excluding carboxylic acids is 1. The van der Waals surface area contributed by atoms with Crippen molar-refractivity contribution in [2.75, 3.05) is 14.2 Å². The van der Waals surface area contributed by atoms with Crippen molar-refractivity contribution in [2.45, 2.75) is 0 Å². The molecule has 1 atom stereocenters. The normalized spacial score (nSPS) is 12.2. The van der Waals surface area contributed by atoms with Crippen LogP contribution in [0, 0.1) is 0 Å². The Labute approximate surface area is 159 Å². The molecule has 7 nitrogen and oxygen atoms in total. The molecule has 142 valence electrons. The summed E-state index contributed by atoms with van der Waals surface area (Å²) in [5.41, 5.74) is 1.29. The standard InChI is InChI=1S/C19H19NO6S/c1-25-17-11-13(3-6-15(17)21)5-8-19(23)20-27(24)10-9-14-4-7-16(22)18(12-14)26-2/h3-12,21-22H,1-2H3,(H,20,23)/b8-5+,10-9-. The molecule has 2 rings (SSSR count). The lowest BCUT2D eigenvalue weighted by molar-refractivity contribution is -0.114. The van der Waals surface area contributed by atoms with E-state index in [0.717, 1.165) is 0 Å². The molecule has 0 saturated carbocycles. The molecule has 0 saturated heterocycles. The highest BCUT2D eigenvalue weighted by Crippen LogP contribution is 2.27. The minimum Gasteiger partial charge on any atom is -0.504 e. The summed E-state index contributed by atoms with van der Waals surface area (Å²) < 4.78 is 24.2. The van der Waals surface area contributed by atoms with Gasteiger partial charge in [0.05, 0.1) is 14.2 Å². The Morgan fingerprint density at radius 1 is 0.963 bits per heavy atom. The van der Waals surface area contributed by atoms with Gasteiger partial charge in [-0.05, 0) is 47.5 Å². The third-order valence-electron chi connectivity index (χ3n) is 3.42. The number of ether oxygens (including phenoxy) is 2. The van der Waals surface area contributed by atoms with Crippen molar-refractivity contribution in [3.63, 3.8) is 0 Å². The molecule has 2 aromatic carbocycles. The maximum Gasteiger partial charge on any atom is 0.255 e. The average molecular weight is 389 g/mol. The summed E-state index contributed by atoms with van der Waals surface area (Å²) in [6.07, 6.45) is 4.26. The zero-order valence-electron chi connectivity index (χ0n) is 14.7. The number of phenolic OH excluding ortho intramolecular Hbond substituents is 2. The minimum atomic E-state index is -1.73. The topological polar surface area (TPSA) is 105 Å². The van der Waals surface area contributed by atoms with E-state index in [1.165, 1.54) is 50.0 Å². The van der Waals surface area contributed by atoms with Gasteiger partial charge in [-0.25, -0.2) is 4.21 Å². The SMILES string of the molecule is COc1cc(/C=C\S(=O)NC(=O)/C=C/c2ccc(O)c(OC)c2)ccc1O. The highest BCUT2D eigenvalue weighted by molar-refractivity contribution is 7.86. The zero-order valence-corrected chi connectivity index (χ0v) is 15.5. The Morgan fingerprint density at radius 3 is 2.00 bits per heavy atom. The average Bonchev–Trinajstić information content (AvgIpc) is 2.66. The molecule has 0 bridgehead atoms. The van der Waals surface area contributed by atoms with Crippen molar-refractivity contribution in [1.82, 2.24) is 4.72 Å². The summed E-state index contributed by atoms with van der Waals surface area (Å²) in [6, 6.07) is 9.26. The molecule has 0 heterocycles. The molecule has 0 aliphatic heterocycles. The van der Waals surface area contributed by atoms with Crippen molar-refractivity contribution in [1.29, 1.82) is 0 Å². The molecule has 1 amide bonds. The summed E-state index contributed by atoms with van der Waals surface area (Å²) in [7, 11) is 1.12. The third-order valence-corrected chi connectivity index (χ3v) is 4.21. The second-order valence-electron chi connectivity index (χ2n) is 5.26. The van der Waals surface area contributed by atoms with Crippen molar-refractivity contribution < 1.29 is 28.7 Å². The summed E-state index contributed by atoms with van der Waals surface area (Å²) >= 11 is 0. The second kappa shape index (κ2) is 9.44. The Kier molecular flexibility index (Phi) is 7.01. The van der Waals surface area contributed by atoms with Gasteiger partial charge in [-0.15, -0.1) is 0 Å². The highest BCUT2D eigenvalue weighted by atomic mass is 32.2. The van der Waals surface area contributed by atoms with E-state index >= 15 is 0 Å². The van der Waals surface area contributed by atoms with E-state index in [1.807, 2.05) is 0 Å². The van der Waals surface area contributed by atoms with Gasteiger partial charge in [0.25, 0.3) is 5.91 Å². The summed E-state index contributed by atoms with van der Waals surface area (Å²) in [4.78, 5) is 11.8. The number of rotatable bonds is 7. The Bertz CT molecular complexity index is 834. The van der Waals surface area contributed by atoms with Gasteiger partial charge >= 0.3 is 0 Å². The van der Waals surface area contributed by atoms with Crippen molar-refractivity contribution in [3.05, 3.63) is 59.0 Å². The molecule has 8 heteroatoms. The largest absolute Gasteiger partial charge is 0.504 e. The number of nitrogens with one attached hydrogen (secondary N) is 1. The first-order valence-corrected chi connectivity index (χ1v) is 8.95. The summed E-state index contributed by atoms with van der Waals surface area (Å²) in [6.45, 7) is 0. The second-order valence-corrected chi connectivity index (χ2v) is 6.33. The number of amides is 1. The van der Waals surface area contributed by atoms with Gasteiger partial charge in [-0.2, -0.15) is 0 Å². The van der Waals surface area contributed by atoms with Crippen LogP contribution in [0.1, 0.15) is 11.1 Å². The van der Waals surface area contributed by atoms with Crippen LogP contribution in [0.3, 0.4) is 0 Å². The summed E-state index contributed by atoms with van der Waals surface area (Å²) in [5, 5.41) is 20.4. The maximum atomic E-state index is 11.9. The van der Waals surface area contributed by atoms with Crippen LogP contribution in [0.4, 0.5) is 0 Å². The molecule has 0 aliphatic rings. The lowest BCUT2D eigenvalue weighted by Gasteiger charge is -2.04. The van der Waals surface area contributed by atoms with Gasteiger partial charge in [0.2, 0.25) is 0 Å². The van der Waals surface area contributed by atoms with E-state index in [2.05, 4.69) is 4.72 Å². The fraction of sp³-hybridized carbons (Fsp3) is 0.105. The first-order chi connectivity index (χ1) is 12.9. The number of methoxy groups -OCH3 is 2. The highest BCUT2D eigenvalue weighted by Gasteiger charge is 2.04. The van der Waals surface area contributed by atoms with E-state index < -0.39 is 16.9 Å². The van der Waals surface area contributed by atoms with Gasteiger partial charge in [-0.3, -0.25) is 9.52 Å². The van der Waals surface area contributed by atoms with Gasteiger partial charge in [0.1, 0.15) is 11.0 Å². The Balaban J connectivity index is 1.96. The number of hydrogen-bond acceptors (Lipinski definition) is 6. The Hall–Kier alpha value is -3.26. The lowest BCUT2D eigenvalue weighted by Crippen LogP contribution is -2.21. The number of carbonyl (C=O) groups is 1. The van der Waals surface area contributed by atoms with Crippen molar-refractivity contribution in [2.24, 2.45) is 0 Å². The number of benzene rings is 2. The Morgan fingerprint density at radius 2 is 1.48 bits per heavy atom. The molecule has 2 aromatic rings. The predicted molar refractivity (Wildman–Crippen MR) is 104 cm³/mol. The van der Waals surface area contributed by atoms with E-state index in [1.54, 1.807) is 24.3 Å². The monoisotopic (exact) mass is 389 g/mol. The van der Waals surface area contributed by atoms with Gasteiger partial charge in [0.15, 0.2) is 23.0 Å². The van der Waals surface area contributed by atoms with Crippen LogP contribution in [0.15, 0.2) is 47.9 Å². The summed E-state index contributed by atoms with van der Waals surface area (Å²) in [5.74, 6) is 0.0252. The first-order valence-electron chi connectivity index (χ1n) is 7.74. The zero-order chi connectivity index (χ0) is 19.8. The molecule has 0 radical (unpaired) electrons. The quantitative estimate of drug-likeness (QED) is 0.629. The molecular formula is C19H19NO6S. The third kappa shape index (κ3) is 5.89. The molecule has 0 aliphatic carbocycles. The number of aromatic hydroxyl groups is 2. The van der Waals surface area contributed by atoms with E-state index in [4.69, 9.17) is 9.47 Å². The van der Waals surface area contributed by atoms with Crippen LogP contribution in [0.25, 0.3) is 12.2 Å². The maximum absolute atomic E-state index is 11.9. The smallest absolute Gasteiger partial charge is 0.255 e. The van der Waals surface area contributed by atoms with Crippen LogP contribution < -0.4 is 14.2 Å². The predicted octanol–water partition coefficient (Wildman–Crippen LogP) is 2.58. The van der Waals surface area contributed by atoms with Gasteiger partial charge in [0, 0.05) is 11.5 Å². The first kappa shape index (κ1) is 20.1. The van der Waals surface area contributed by atoms with E-state index in [9.17, 15) is 19.2 Å². The molecular weight excluding hydrogens is 370 g/mol. The lowest BCUT2D eigenvalue weighted by atomic mass is 10.2. The molecule has 0 fully saturated rings. The van der Waals surface area contributed by atoms with Crippen molar-refractivity contribution in [3.8, 4) is 23.0 Å². The van der Waals surface area contributed by atoms with Crippen LogP contribution in [-0.2, 0) is 15.8 Å². The van der Waals surface area contributed by atoms with Crippen LogP contribution in [0.2, 0.25) is 0 Å². The fourth-order valence-electron chi connectivity index (χ4n) is 2.08. The molecule has 27 heavy (non-hydrogen) atoms. The van der Waals surface area contributed by atoms with Crippen LogP contribution >= 0.6 is 0 Å². The molecule has 0 aromatic heterocycles. The van der Waals surface area contributed by atoms with Crippen LogP contribution in [0.5, 0.6) is 23.0 Å². The number of phenols is 2. The van der Waals surface area contributed by atoms with Crippen LogP contribution in [-0.4, -0.2) is 34.5 Å². The molecule has 0 spiro atoms. The van der Waals surface area contributed by atoms with Crippen molar-refractivity contribution >= 4 is 29.0 Å². The molecule has 3 N–H and O–H groups in total. The molecule has 1 unspecified atom stereocenters.